The number of hydrogen-bond acceptors (Lipinski definition) is 6. The summed E-state index contributed by atoms with van der Waals surface area (Å²) < 4.78 is 8.56. The molecule has 1 heterocycles. The molecule has 2 N–H and O–H groups in total. The van der Waals surface area contributed by atoms with Crippen molar-refractivity contribution in [3.05, 3.63) is 82.3 Å². The summed E-state index contributed by atoms with van der Waals surface area (Å²) in [5.74, 6) is -0.105. The zero-order chi connectivity index (χ0) is 22.5. The Labute approximate surface area is 200 Å². The van der Waals surface area contributed by atoms with E-state index in [0.717, 1.165) is 15.6 Å². The van der Waals surface area contributed by atoms with Crippen LogP contribution >= 0.6 is 39.0 Å². The third-order valence-corrected chi connectivity index (χ3v) is 7.07. The van der Waals surface area contributed by atoms with Gasteiger partial charge in [-0.3, -0.25) is 4.79 Å². The molecule has 0 saturated heterocycles. The maximum absolute atomic E-state index is 12.5. The number of rotatable bonds is 8. The molecule has 0 unspecified atom stereocenters. The quantitative estimate of drug-likeness (QED) is 0.209. The zero-order valence-corrected chi connectivity index (χ0v) is 19.8. The van der Waals surface area contributed by atoms with Crippen LogP contribution in [-0.2, 0) is 0 Å². The molecule has 9 heteroatoms. The van der Waals surface area contributed by atoms with E-state index in [9.17, 15) is 14.7 Å². The second-order valence-electron chi connectivity index (χ2n) is 6.62. The maximum atomic E-state index is 12.5. The number of amides is 1. The molecule has 6 nitrogen and oxygen atoms in total. The zero-order valence-electron chi connectivity index (χ0n) is 16.6. The molecular formula is C23H17BrN2O4S2. The molecule has 0 atom stereocenters. The number of para-hydroxylation sites is 1. The van der Waals surface area contributed by atoms with Crippen LogP contribution < -0.4 is 10.1 Å². The highest BCUT2D eigenvalue weighted by Crippen LogP contribution is 2.29. The van der Waals surface area contributed by atoms with E-state index in [1.54, 1.807) is 59.5 Å². The van der Waals surface area contributed by atoms with Crippen molar-refractivity contribution in [1.82, 2.24) is 4.98 Å². The van der Waals surface area contributed by atoms with E-state index in [1.165, 1.54) is 10.8 Å². The number of aromatic carboxylic acids is 1. The summed E-state index contributed by atoms with van der Waals surface area (Å²) in [6.07, 6.45) is 0. The topological polar surface area (TPSA) is 88.5 Å². The van der Waals surface area contributed by atoms with E-state index in [2.05, 4.69) is 32.3 Å². The van der Waals surface area contributed by atoms with Gasteiger partial charge in [0.15, 0.2) is 4.34 Å². The largest absolute Gasteiger partial charge is 0.493 e. The number of fused-ring (bicyclic) bond motifs is 1. The Bertz CT molecular complexity index is 1240. The number of carboxylic acids is 1. The molecular weight excluding hydrogens is 512 g/mol. The number of carbonyl (C=O) groups excluding carboxylic acids is 1. The molecule has 0 saturated carbocycles. The van der Waals surface area contributed by atoms with Crippen molar-refractivity contribution in [2.75, 3.05) is 17.7 Å². The molecule has 0 bridgehead atoms. The van der Waals surface area contributed by atoms with Crippen LogP contribution in [0.4, 0.5) is 5.69 Å². The predicted molar refractivity (Wildman–Crippen MR) is 131 cm³/mol. The van der Waals surface area contributed by atoms with Crippen molar-refractivity contribution in [1.29, 1.82) is 0 Å². The molecule has 0 fully saturated rings. The minimum atomic E-state index is -1.12. The van der Waals surface area contributed by atoms with Gasteiger partial charge in [-0.2, -0.15) is 0 Å². The molecule has 162 valence electrons. The van der Waals surface area contributed by atoms with Gasteiger partial charge in [0.05, 0.1) is 28.1 Å². The Morgan fingerprint density at radius 1 is 1.09 bits per heavy atom. The Morgan fingerprint density at radius 2 is 1.88 bits per heavy atom. The number of ether oxygens (including phenoxy) is 1. The lowest BCUT2D eigenvalue weighted by molar-refractivity contribution is 0.0698. The number of thioether (sulfide) groups is 1. The van der Waals surface area contributed by atoms with Crippen LogP contribution in [0, 0.1) is 0 Å². The molecule has 4 rings (SSSR count). The lowest BCUT2D eigenvalue weighted by Gasteiger charge is -2.10. The number of hydrogen-bond donors (Lipinski definition) is 2. The molecule has 4 aromatic rings. The molecule has 32 heavy (non-hydrogen) atoms. The first-order valence-corrected chi connectivity index (χ1v) is 12.1. The Hall–Kier alpha value is -2.88. The van der Waals surface area contributed by atoms with Gasteiger partial charge in [0.1, 0.15) is 5.75 Å². The van der Waals surface area contributed by atoms with Crippen LogP contribution in [0.1, 0.15) is 20.7 Å². The van der Waals surface area contributed by atoms with Crippen molar-refractivity contribution in [2.24, 2.45) is 0 Å². The lowest BCUT2D eigenvalue weighted by Crippen LogP contribution is -2.14. The number of aromatic nitrogens is 1. The first-order valence-electron chi connectivity index (χ1n) is 9.55. The predicted octanol–water partition coefficient (Wildman–Crippen LogP) is 6.18. The third kappa shape index (κ3) is 5.48. The van der Waals surface area contributed by atoms with E-state index in [-0.39, 0.29) is 11.3 Å². The van der Waals surface area contributed by atoms with Gasteiger partial charge in [-0.1, -0.05) is 39.8 Å². The maximum Gasteiger partial charge on any atom is 0.337 e. The first-order chi connectivity index (χ1) is 15.5. The Balaban J connectivity index is 1.30. The highest BCUT2D eigenvalue weighted by molar-refractivity contribution is 9.10. The number of anilines is 1. The van der Waals surface area contributed by atoms with Crippen molar-refractivity contribution in [3.63, 3.8) is 0 Å². The minimum absolute atomic E-state index is 0.0123. The van der Waals surface area contributed by atoms with E-state index in [1.807, 2.05) is 18.2 Å². The van der Waals surface area contributed by atoms with Gasteiger partial charge in [-0.05, 0) is 54.6 Å². The van der Waals surface area contributed by atoms with Crippen LogP contribution in [0.3, 0.4) is 0 Å². The minimum Gasteiger partial charge on any atom is -0.493 e. The molecule has 3 aromatic carbocycles. The second-order valence-corrected chi connectivity index (χ2v) is 9.91. The van der Waals surface area contributed by atoms with Gasteiger partial charge in [-0.25, -0.2) is 9.78 Å². The smallest absolute Gasteiger partial charge is 0.337 e. The van der Waals surface area contributed by atoms with Crippen LogP contribution in [0.25, 0.3) is 10.2 Å². The van der Waals surface area contributed by atoms with Gasteiger partial charge in [0.2, 0.25) is 0 Å². The summed E-state index contributed by atoms with van der Waals surface area (Å²) in [6.45, 7) is 0.507. The average molecular weight is 529 g/mol. The van der Waals surface area contributed by atoms with Crippen molar-refractivity contribution in [2.45, 2.75) is 4.34 Å². The molecule has 0 aliphatic carbocycles. The fraction of sp³-hybridized carbons (Fsp3) is 0.0870. The molecule has 1 amide bonds. The third-order valence-electron chi connectivity index (χ3n) is 4.43. The van der Waals surface area contributed by atoms with E-state index in [4.69, 9.17) is 4.74 Å². The summed E-state index contributed by atoms with van der Waals surface area (Å²) in [7, 11) is 0. The molecule has 0 aliphatic rings. The molecule has 1 aromatic heterocycles. The lowest BCUT2D eigenvalue weighted by atomic mass is 10.1. The number of benzene rings is 3. The number of thiazole rings is 1. The van der Waals surface area contributed by atoms with E-state index >= 15 is 0 Å². The number of nitrogens with one attached hydrogen (secondary N) is 1. The van der Waals surface area contributed by atoms with Gasteiger partial charge in [-0.15, -0.1) is 11.3 Å². The SMILES string of the molecule is O=C(Nc1ccc(Br)cc1C(=O)O)c1ccc(OCCSc2nc3ccccc3s2)cc1. The normalized spacial score (nSPS) is 10.8. The summed E-state index contributed by atoms with van der Waals surface area (Å²) in [5.41, 5.74) is 1.66. The monoisotopic (exact) mass is 528 g/mol. The summed E-state index contributed by atoms with van der Waals surface area (Å²) >= 11 is 6.55. The highest BCUT2D eigenvalue weighted by Gasteiger charge is 2.14. The summed E-state index contributed by atoms with van der Waals surface area (Å²) in [4.78, 5) is 28.5. The summed E-state index contributed by atoms with van der Waals surface area (Å²) in [5, 5.41) is 12.0. The van der Waals surface area contributed by atoms with Gasteiger partial charge >= 0.3 is 5.97 Å². The average Bonchev–Trinajstić information content (AvgIpc) is 3.21. The highest BCUT2D eigenvalue weighted by atomic mass is 79.9. The van der Waals surface area contributed by atoms with Crippen molar-refractivity contribution >= 4 is 66.8 Å². The number of halogens is 1. The summed E-state index contributed by atoms with van der Waals surface area (Å²) in [6, 6.07) is 19.4. The van der Waals surface area contributed by atoms with Crippen molar-refractivity contribution in [3.8, 4) is 5.75 Å². The number of carboxylic acid groups (broad SMARTS) is 1. The number of nitrogens with zero attached hydrogens (tertiary/aromatic N) is 1. The standard InChI is InChI=1S/C23H17BrN2O4S2/c24-15-7-10-18(17(13-15)22(28)29)25-21(27)14-5-8-16(9-6-14)30-11-12-31-23-26-19-3-1-2-4-20(19)32-23/h1-10,13H,11-12H2,(H,25,27)(H,28,29). The molecule has 0 aliphatic heterocycles. The van der Waals surface area contributed by atoms with Crippen LogP contribution in [-0.4, -0.2) is 34.3 Å². The molecule has 0 spiro atoms. The van der Waals surface area contributed by atoms with Crippen molar-refractivity contribution < 1.29 is 19.4 Å². The van der Waals surface area contributed by atoms with Crippen LogP contribution in [0.2, 0.25) is 0 Å². The fourth-order valence-electron chi connectivity index (χ4n) is 2.90. The van der Waals surface area contributed by atoms with Crippen LogP contribution in [0.15, 0.2) is 75.5 Å². The Kier molecular flexibility index (Phi) is 7.09. The van der Waals surface area contributed by atoms with Gasteiger partial charge < -0.3 is 15.2 Å². The fourth-order valence-corrected chi connectivity index (χ4v) is 5.22. The molecule has 0 radical (unpaired) electrons. The first kappa shape index (κ1) is 22.3. The Morgan fingerprint density at radius 3 is 2.62 bits per heavy atom. The van der Waals surface area contributed by atoms with E-state index < -0.39 is 11.9 Å². The van der Waals surface area contributed by atoms with Crippen LogP contribution in [0.5, 0.6) is 5.75 Å². The second kappa shape index (κ2) is 10.2. The van der Waals surface area contributed by atoms with Gasteiger partial charge in [0, 0.05) is 15.8 Å². The number of carbonyl (C=O) groups is 2. The van der Waals surface area contributed by atoms with Gasteiger partial charge in [0.25, 0.3) is 5.91 Å². The van der Waals surface area contributed by atoms with E-state index in [0.29, 0.717) is 22.4 Å².